The summed E-state index contributed by atoms with van der Waals surface area (Å²) in [5.74, 6) is -1.10. The summed E-state index contributed by atoms with van der Waals surface area (Å²) in [6, 6.07) is 21.8. The summed E-state index contributed by atoms with van der Waals surface area (Å²) in [6.45, 7) is 1.24. The molecule has 0 aliphatic rings. The summed E-state index contributed by atoms with van der Waals surface area (Å²) in [5.41, 5.74) is 0.321. The molecule has 29 heavy (non-hydrogen) atoms. The van der Waals surface area contributed by atoms with E-state index in [1.54, 1.807) is 18.2 Å². The van der Waals surface area contributed by atoms with Crippen LogP contribution in [0.5, 0.6) is 0 Å². The van der Waals surface area contributed by atoms with Crippen LogP contribution in [0.4, 0.5) is 5.69 Å². The van der Waals surface area contributed by atoms with E-state index in [0.717, 1.165) is 9.79 Å². The second-order valence-corrected chi connectivity index (χ2v) is 7.31. The normalized spacial score (nSPS) is 11.5. The van der Waals surface area contributed by atoms with Gasteiger partial charge in [-0.1, -0.05) is 48.2 Å². The summed E-state index contributed by atoms with van der Waals surface area (Å²) >= 11 is 1.52. The predicted octanol–water partition coefficient (Wildman–Crippen LogP) is 3.57. The Bertz CT molecular complexity index is 1050. The van der Waals surface area contributed by atoms with Crippen molar-refractivity contribution in [1.29, 1.82) is 0 Å². The zero-order valence-corrected chi connectivity index (χ0v) is 16.6. The molecule has 148 valence electrons. The number of carbonyl (C=O) groups excluding carboxylic acids is 2. The molecule has 7 heteroatoms. The summed E-state index contributed by atoms with van der Waals surface area (Å²) in [4.78, 5) is 38.2. The summed E-state index contributed by atoms with van der Waals surface area (Å²) in [6.07, 6.45) is 0.488. The first-order chi connectivity index (χ1) is 14.0. The topological polar surface area (TPSA) is 77.4 Å². The van der Waals surface area contributed by atoms with Gasteiger partial charge in [-0.25, -0.2) is 0 Å². The smallest absolute Gasteiger partial charge is 0.326 e. The van der Waals surface area contributed by atoms with Crippen molar-refractivity contribution in [3.63, 3.8) is 0 Å². The molecule has 1 amide bonds. The van der Waals surface area contributed by atoms with Crippen LogP contribution in [-0.4, -0.2) is 22.5 Å². The molecular formula is C22H20N2O4S. The third-order valence-electron chi connectivity index (χ3n) is 3.99. The lowest BCUT2D eigenvalue weighted by Gasteiger charge is -2.16. The second-order valence-electron chi connectivity index (χ2n) is 6.20. The van der Waals surface area contributed by atoms with Gasteiger partial charge in [0.25, 0.3) is 11.5 Å². The average Bonchev–Trinajstić information content (AvgIpc) is 2.72. The van der Waals surface area contributed by atoms with Crippen LogP contribution in [-0.2, 0) is 20.9 Å². The van der Waals surface area contributed by atoms with Gasteiger partial charge >= 0.3 is 5.97 Å². The van der Waals surface area contributed by atoms with Gasteiger partial charge in [-0.3, -0.25) is 14.4 Å². The number of nitrogens with zero attached hydrogens (tertiary/aromatic N) is 1. The Hall–Kier alpha value is -3.32. The Morgan fingerprint density at radius 1 is 1.00 bits per heavy atom. The van der Waals surface area contributed by atoms with Crippen LogP contribution in [0.25, 0.3) is 0 Å². The van der Waals surface area contributed by atoms with Gasteiger partial charge in [0.2, 0.25) is 0 Å². The molecule has 0 saturated carbocycles. The number of carbonyl (C=O) groups is 2. The molecule has 0 radical (unpaired) electrons. The number of hydrogen-bond acceptors (Lipinski definition) is 5. The molecule has 0 aliphatic heterocycles. The third-order valence-corrected chi connectivity index (χ3v) is 5.08. The Labute approximate surface area is 172 Å². The number of ether oxygens (including phenoxy) is 1. The van der Waals surface area contributed by atoms with E-state index in [1.165, 1.54) is 35.5 Å². The van der Waals surface area contributed by atoms with Gasteiger partial charge in [0.15, 0.2) is 6.10 Å². The molecule has 2 aromatic carbocycles. The van der Waals surface area contributed by atoms with Crippen molar-refractivity contribution < 1.29 is 14.3 Å². The Kier molecular flexibility index (Phi) is 6.86. The highest BCUT2D eigenvalue weighted by atomic mass is 32.2. The SMILES string of the molecule is C[C@@H](OC(=O)Cn1ccccc1=O)C(=O)Nc1ccccc1Sc1ccccc1. The van der Waals surface area contributed by atoms with Crippen molar-refractivity contribution in [2.45, 2.75) is 29.4 Å². The van der Waals surface area contributed by atoms with Crippen molar-refractivity contribution in [2.75, 3.05) is 5.32 Å². The van der Waals surface area contributed by atoms with Gasteiger partial charge in [0.05, 0.1) is 5.69 Å². The Balaban J connectivity index is 1.62. The van der Waals surface area contributed by atoms with Crippen LogP contribution in [0.1, 0.15) is 6.92 Å². The van der Waals surface area contributed by atoms with E-state index in [-0.39, 0.29) is 12.1 Å². The molecule has 0 fully saturated rings. The molecule has 0 spiro atoms. The second kappa shape index (κ2) is 9.75. The first-order valence-electron chi connectivity index (χ1n) is 9.00. The maximum atomic E-state index is 12.5. The Morgan fingerprint density at radius 3 is 2.45 bits per heavy atom. The maximum absolute atomic E-state index is 12.5. The number of hydrogen-bond donors (Lipinski definition) is 1. The third kappa shape index (κ3) is 5.83. The monoisotopic (exact) mass is 408 g/mol. The predicted molar refractivity (Wildman–Crippen MR) is 112 cm³/mol. The molecular weight excluding hydrogens is 388 g/mol. The fraction of sp³-hybridized carbons (Fsp3) is 0.136. The zero-order valence-electron chi connectivity index (χ0n) is 15.8. The van der Waals surface area contributed by atoms with E-state index in [1.807, 2.05) is 48.5 Å². The molecule has 1 N–H and O–H groups in total. The number of amides is 1. The number of benzene rings is 2. The standard InChI is InChI=1S/C22H20N2O4S/c1-16(28-21(26)15-24-14-8-7-13-20(24)25)22(27)23-18-11-5-6-12-19(18)29-17-9-3-2-4-10-17/h2-14,16H,15H2,1H3,(H,23,27)/t16-/m1/s1. The molecule has 1 atom stereocenters. The van der Waals surface area contributed by atoms with Crippen molar-refractivity contribution >= 4 is 29.3 Å². The van der Waals surface area contributed by atoms with Crippen molar-refractivity contribution in [3.05, 3.63) is 89.3 Å². The van der Waals surface area contributed by atoms with E-state index in [4.69, 9.17) is 4.74 Å². The van der Waals surface area contributed by atoms with E-state index >= 15 is 0 Å². The van der Waals surface area contributed by atoms with E-state index in [9.17, 15) is 14.4 Å². The lowest BCUT2D eigenvalue weighted by molar-refractivity contribution is -0.153. The quantitative estimate of drug-likeness (QED) is 0.605. The van der Waals surface area contributed by atoms with Gasteiger partial charge in [-0.05, 0) is 37.3 Å². The van der Waals surface area contributed by atoms with Crippen LogP contribution in [0, 0.1) is 0 Å². The average molecular weight is 408 g/mol. The largest absolute Gasteiger partial charge is 0.451 e. The van der Waals surface area contributed by atoms with Gasteiger partial charge in [0.1, 0.15) is 6.54 Å². The first-order valence-corrected chi connectivity index (χ1v) is 9.82. The highest BCUT2D eigenvalue weighted by Crippen LogP contribution is 2.33. The van der Waals surface area contributed by atoms with Crippen molar-refractivity contribution in [1.82, 2.24) is 4.57 Å². The van der Waals surface area contributed by atoms with Crippen LogP contribution in [0.3, 0.4) is 0 Å². The molecule has 0 saturated heterocycles. The number of anilines is 1. The lowest BCUT2D eigenvalue weighted by atomic mass is 10.3. The Morgan fingerprint density at radius 2 is 1.69 bits per heavy atom. The number of esters is 1. The van der Waals surface area contributed by atoms with Gasteiger partial charge in [-0.15, -0.1) is 0 Å². The maximum Gasteiger partial charge on any atom is 0.326 e. The lowest BCUT2D eigenvalue weighted by Crippen LogP contribution is -2.32. The molecule has 1 heterocycles. The number of pyridine rings is 1. The number of rotatable bonds is 7. The molecule has 0 unspecified atom stereocenters. The van der Waals surface area contributed by atoms with Crippen molar-refractivity contribution in [2.24, 2.45) is 0 Å². The van der Waals surface area contributed by atoms with E-state index in [2.05, 4.69) is 5.32 Å². The number of para-hydroxylation sites is 1. The molecule has 6 nitrogen and oxygen atoms in total. The van der Waals surface area contributed by atoms with Crippen LogP contribution < -0.4 is 10.9 Å². The molecule has 0 aliphatic carbocycles. The summed E-state index contributed by atoms with van der Waals surface area (Å²) in [5, 5.41) is 2.81. The molecule has 0 bridgehead atoms. The minimum absolute atomic E-state index is 0.252. The minimum Gasteiger partial charge on any atom is -0.451 e. The summed E-state index contributed by atoms with van der Waals surface area (Å²) < 4.78 is 6.40. The van der Waals surface area contributed by atoms with Crippen LogP contribution >= 0.6 is 11.8 Å². The fourth-order valence-corrected chi connectivity index (χ4v) is 3.45. The highest BCUT2D eigenvalue weighted by Gasteiger charge is 2.19. The van der Waals surface area contributed by atoms with Gasteiger partial charge in [-0.2, -0.15) is 0 Å². The van der Waals surface area contributed by atoms with Crippen molar-refractivity contribution in [3.8, 4) is 0 Å². The van der Waals surface area contributed by atoms with Gasteiger partial charge < -0.3 is 14.6 Å². The zero-order chi connectivity index (χ0) is 20.6. The van der Waals surface area contributed by atoms with Gasteiger partial charge in [0, 0.05) is 22.1 Å². The molecule has 1 aromatic heterocycles. The number of nitrogens with one attached hydrogen (secondary N) is 1. The molecule has 3 aromatic rings. The molecule has 3 rings (SSSR count). The van der Waals surface area contributed by atoms with Crippen LogP contribution in [0.2, 0.25) is 0 Å². The first kappa shape index (κ1) is 20.4. The van der Waals surface area contributed by atoms with E-state index in [0.29, 0.717) is 5.69 Å². The minimum atomic E-state index is -1.00. The van der Waals surface area contributed by atoms with E-state index < -0.39 is 18.0 Å². The number of aromatic nitrogens is 1. The van der Waals surface area contributed by atoms with Crippen LogP contribution in [0.15, 0.2) is 93.6 Å². The fourth-order valence-electron chi connectivity index (χ4n) is 2.53. The summed E-state index contributed by atoms with van der Waals surface area (Å²) in [7, 11) is 0. The highest BCUT2D eigenvalue weighted by molar-refractivity contribution is 7.99.